The van der Waals surface area contributed by atoms with Gasteiger partial charge >= 0.3 is 0 Å². The summed E-state index contributed by atoms with van der Waals surface area (Å²) in [5, 5.41) is 3.35. The van der Waals surface area contributed by atoms with Crippen LogP contribution in [0.4, 0.5) is 8.78 Å². The van der Waals surface area contributed by atoms with Crippen LogP contribution in [0.1, 0.15) is 30.4 Å². The molecule has 0 unspecified atom stereocenters. The summed E-state index contributed by atoms with van der Waals surface area (Å²) in [6.45, 7) is 1.66. The maximum absolute atomic E-state index is 12.4. The van der Waals surface area contributed by atoms with Gasteiger partial charge in [0.2, 0.25) is 10.0 Å². The van der Waals surface area contributed by atoms with Crippen molar-refractivity contribution in [3.8, 4) is 0 Å². The molecule has 1 fully saturated rings. The fourth-order valence-corrected chi connectivity index (χ4v) is 3.31. The fourth-order valence-electron chi connectivity index (χ4n) is 2.43. The van der Waals surface area contributed by atoms with Gasteiger partial charge in [-0.05, 0) is 18.4 Å². The van der Waals surface area contributed by atoms with Gasteiger partial charge in [-0.2, -0.15) is 0 Å². The summed E-state index contributed by atoms with van der Waals surface area (Å²) in [7, 11) is -3.09. The minimum atomic E-state index is -3.09. The van der Waals surface area contributed by atoms with Crippen molar-refractivity contribution in [3.63, 3.8) is 0 Å². The lowest BCUT2D eigenvalue weighted by Gasteiger charge is -2.30. The van der Waals surface area contributed by atoms with E-state index in [2.05, 4.69) is 5.32 Å². The van der Waals surface area contributed by atoms with Crippen molar-refractivity contribution in [1.29, 1.82) is 0 Å². The number of hydrogen-bond acceptors (Lipinski definition) is 3. The molecular formula is C14H20F2N2O2S. The normalized spacial score (nSPS) is 18.3. The molecule has 1 aromatic carbocycles. The van der Waals surface area contributed by atoms with Crippen molar-refractivity contribution >= 4 is 10.0 Å². The van der Waals surface area contributed by atoms with Gasteiger partial charge < -0.3 is 5.32 Å². The number of nitrogens with zero attached hydrogens (tertiary/aromatic N) is 1. The zero-order valence-electron chi connectivity index (χ0n) is 11.9. The van der Waals surface area contributed by atoms with Gasteiger partial charge in [-0.1, -0.05) is 24.3 Å². The highest BCUT2D eigenvalue weighted by Crippen LogP contribution is 2.19. The number of piperidine rings is 1. The summed E-state index contributed by atoms with van der Waals surface area (Å²) in [5.41, 5.74) is 0.977. The quantitative estimate of drug-likeness (QED) is 0.905. The second-order valence-corrected chi connectivity index (χ2v) is 7.34. The topological polar surface area (TPSA) is 49.4 Å². The third-order valence-electron chi connectivity index (χ3n) is 3.75. The Morgan fingerprint density at radius 3 is 2.29 bits per heavy atom. The largest absolute Gasteiger partial charge is 0.310 e. The highest BCUT2D eigenvalue weighted by molar-refractivity contribution is 7.88. The number of alkyl halides is 2. The summed E-state index contributed by atoms with van der Waals surface area (Å²) in [6, 6.07) is 6.53. The first-order valence-corrected chi connectivity index (χ1v) is 8.76. The van der Waals surface area contributed by atoms with Crippen LogP contribution in [-0.2, 0) is 16.6 Å². The lowest BCUT2D eigenvalue weighted by atomic mass is 10.1. The van der Waals surface area contributed by atoms with Crippen molar-refractivity contribution in [3.05, 3.63) is 35.4 Å². The van der Waals surface area contributed by atoms with Gasteiger partial charge in [0, 0.05) is 31.2 Å². The van der Waals surface area contributed by atoms with Crippen LogP contribution in [0.3, 0.4) is 0 Å². The maximum Gasteiger partial charge on any atom is 0.263 e. The first-order chi connectivity index (χ1) is 9.86. The molecule has 1 aliphatic heterocycles. The van der Waals surface area contributed by atoms with E-state index in [1.54, 1.807) is 12.1 Å². The van der Waals surface area contributed by atoms with Crippen molar-refractivity contribution < 1.29 is 17.2 Å². The van der Waals surface area contributed by atoms with E-state index < -0.39 is 16.4 Å². The molecule has 118 valence electrons. The number of halogens is 2. The van der Waals surface area contributed by atoms with E-state index in [4.69, 9.17) is 0 Å². The molecule has 21 heavy (non-hydrogen) atoms. The second-order valence-electron chi connectivity index (χ2n) is 5.36. The molecule has 1 N–H and O–H groups in total. The van der Waals surface area contributed by atoms with Crippen molar-refractivity contribution in [1.82, 2.24) is 9.62 Å². The smallest absolute Gasteiger partial charge is 0.263 e. The lowest BCUT2D eigenvalue weighted by molar-refractivity contribution is 0.151. The molecule has 0 radical (unpaired) electrons. The third-order valence-corrected chi connectivity index (χ3v) is 5.05. The molecule has 1 aliphatic rings. The predicted molar refractivity (Wildman–Crippen MR) is 77.7 cm³/mol. The van der Waals surface area contributed by atoms with Gasteiger partial charge in [-0.25, -0.2) is 21.5 Å². The van der Waals surface area contributed by atoms with Crippen molar-refractivity contribution in [2.45, 2.75) is 31.9 Å². The number of hydrogen-bond donors (Lipinski definition) is 1. The van der Waals surface area contributed by atoms with E-state index in [1.165, 1.54) is 22.7 Å². The zero-order valence-corrected chi connectivity index (χ0v) is 12.7. The van der Waals surface area contributed by atoms with E-state index in [1.807, 2.05) is 0 Å². The molecule has 0 aromatic heterocycles. The average molecular weight is 318 g/mol. The molecule has 0 aliphatic carbocycles. The summed E-state index contributed by atoms with van der Waals surface area (Å²) in [5.74, 6) is 0. The summed E-state index contributed by atoms with van der Waals surface area (Å²) >= 11 is 0. The van der Waals surface area contributed by atoms with Crippen LogP contribution < -0.4 is 5.32 Å². The average Bonchev–Trinajstić information content (AvgIpc) is 2.45. The fraction of sp³-hybridized carbons (Fsp3) is 0.571. The van der Waals surface area contributed by atoms with E-state index in [-0.39, 0.29) is 11.6 Å². The van der Waals surface area contributed by atoms with E-state index in [0.717, 1.165) is 18.4 Å². The highest BCUT2D eigenvalue weighted by atomic mass is 32.2. The maximum atomic E-state index is 12.4. The molecule has 0 amide bonds. The van der Waals surface area contributed by atoms with Gasteiger partial charge in [0.05, 0.1) is 6.26 Å². The van der Waals surface area contributed by atoms with Crippen LogP contribution in [0.5, 0.6) is 0 Å². The van der Waals surface area contributed by atoms with Crippen LogP contribution in [0.15, 0.2) is 24.3 Å². The van der Waals surface area contributed by atoms with Gasteiger partial charge in [0.15, 0.2) is 0 Å². The molecule has 0 bridgehead atoms. The van der Waals surface area contributed by atoms with Gasteiger partial charge in [0.25, 0.3) is 6.43 Å². The van der Waals surface area contributed by atoms with Crippen LogP contribution in [0, 0.1) is 0 Å². The molecule has 2 rings (SSSR count). The first-order valence-electron chi connectivity index (χ1n) is 6.92. The predicted octanol–water partition coefficient (Wildman–Crippen LogP) is 2.14. The second kappa shape index (κ2) is 6.81. The molecule has 0 spiro atoms. The Morgan fingerprint density at radius 2 is 1.81 bits per heavy atom. The summed E-state index contributed by atoms with van der Waals surface area (Å²) in [6.07, 6.45) is 0.322. The number of rotatable bonds is 5. The van der Waals surface area contributed by atoms with E-state index in [0.29, 0.717) is 19.6 Å². The molecule has 0 saturated carbocycles. The Bertz CT molecular complexity index is 553. The van der Waals surface area contributed by atoms with Gasteiger partial charge in [-0.15, -0.1) is 0 Å². The van der Waals surface area contributed by atoms with E-state index >= 15 is 0 Å². The Labute approximate surface area is 124 Å². The van der Waals surface area contributed by atoms with Crippen LogP contribution >= 0.6 is 0 Å². The molecule has 1 aromatic rings. The van der Waals surface area contributed by atoms with Crippen LogP contribution in [-0.4, -0.2) is 38.1 Å². The number of benzene rings is 1. The SMILES string of the molecule is CS(=O)(=O)N1CCC(NCc2ccc(C(F)F)cc2)CC1. The Morgan fingerprint density at radius 1 is 1.24 bits per heavy atom. The molecule has 1 saturated heterocycles. The minimum Gasteiger partial charge on any atom is -0.310 e. The standard InChI is InChI=1S/C14H20F2N2O2S/c1-21(19,20)18-8-6-13(7-9-18)17-10-11-2-4-12(5-3-11)14(15)16/h2-5,13-14,17H,6-10H2,1H3. The van der Waals surface area contributed by atoms with Gasteiger partial charge in [-0.3, -0.25) is 0 Å². The Hall–Kier alpha value is -1.05. The summed E-state index contributed by atoms with van der Waals surface area (Å²) in [4.78, 5) is 0. The Kier molecular flexibility index (Phi) is 5.29. The zero-order chi connectivity index (χ0) is 15.5. The molecular weight excluding hydrogens is 298 g/mol. The lowest BCUT2D eigenvalue weighted by Crippen LogP contribution is -2.44. The molecule has 0 atom stereocenters. The van der Waals surface area contributed by atoms with Crippen LogP contribution in [0.2, 0.25) is 0 Å². The molecule has 4 nitrogen and oxygen atoms in total. The highest BCUT2D eigenvalue weighted by Gasteiger charge is 2.24. The minimum absolute atomic E-state index is 0.0280. The van der Waals surface area contributed by atoms with Crippen molar-refractivity contribution in [2.75, 3.05) is 19.3 Å². The summed E-state index contributed by atoms with van der Waals surface area (Å²) < 4.78 is 49.2. The first kappa shape index (κ1) is 16.3. The number of sulfonamides is 1. The third kappa shape index (κ3) is 4.72. The van der Waals surface area contributed by atoms with E-state index in [9.17, 15) is 17.2 Å². The Balaban J connectivity index is 1.79. The monoisotopic (exact) mass is 318 g/mol. The van der Waals surface area contributed by atoms with Crippen molar-refractivity contribution in [2.24, 2.45) is 0 Å². The molecule has 1 heterocycles. The number of nitrogens with one attached hydrogen (secondary N) is 1. The molecule has 7 heteroatoms. The van der Waals surface area contributed by atoms with Crippen LogP contribution in [0.25, 0.3) is 0 Å². The van der Waals surface area contributed by atoms with Gasteiger partial charge in [0.1, 0.15) is 0 Å².